The molecule has 0 saturated carbocycles. The second-order valence-corrected chi connectivity index (χ2v) is 15.2. The lowest BCUT2D eigenvalue weighted by Crippen LogP contribution is -2.44. The second kappa shape index (κ2) is 21.4. The molecule has 48 heavy (non-hydrogen) atoms. The standard InChI is InChI=1S/C34H60N4O10/c1-32(2,3)38-23(21-39)11-8-9-20-35-26(40)15-13-24(30(45)46)37-28(42)16-14-25(31(47)48)36-27(41)12-10-18-33(4,5)22-34(6,7)19-17-29(43)44/h21,23-25,38H,8-20,22H2,1-7H3,(H,35,40)(H,36,41)(H,37,42)(H,43,44)(H,45,46)(H,47,48)/t23-,24-,25-/m0/s1. The van der Waals surface area contributed by atoms with E-state index in [2.05, 4.69) is 21.3 Å². The molecule has 0 heterocycles. The fourth-order valence-electron chi connectivity index (χ4n) is 5.78. The molecular weight excluding hydrogens is 624 g/mol. The number of carbonyl (C=O) groups is 7. The summed E-state index contributed by atoms with van der Waals surface area (Å²) in [5.41, 5.74) is -0.563. The number of carboxylic acid groups (broad SMARTS) is 3. The molecule has 0 radical (unpaired) electrons. The van der Waals surface area contributed by atoms with Crippen molar-refractivity contribution in [1.82, 2.24) is 21.3 Å². The Kier molecular flexibility index (Phi) is 19.8. The summed E-state index contributed by atoms with van der Waals surface area (Å²) in [7, 11) is 0. The van der Waals surface area contributed by atoms with Gasteiger partial charge >= 0.3 is 17.9 Å². The highest BCUT2D eigenvalue weighted by molar-refractivity contribution is 5.86. The number of nitrogens with one attached hydrogen (secondary N) is 4. The van der Waals surface area contributed by atoms with Crippen molar-refractivity contribution in [2.24, 2.45) is 10.8 Å². The van der Waals surface area contributed by atoms with Crippen LogP contribution in [-0.4, -0.2) is 87.4 Å². The molecule has 14 heteroatoms. The zero-order chi connectivity index (χ0) is 37.1. The van der Waals surface area contributed by atoms with Gasteiger partial charge in [-0.05, 0) is 89.4 Å². The predicted octanol–water partition coefficient (Wildman–Crippen LogP) is 3.41. The Morgan fingerprint density at radius 2 is 1.12 bits per heavy atom. The summed E-state index contributed by atoms with van der Waals surface area (Å²) >= 11 is 0. The first-order valence-electron chi connectivity index (χ1n) is 16.8. The van der Waals surface area contributed by atoms with Crippen LogP contribution in [0.1, 0.15) is 132 Å². The molecular formula is C34H60N4O10. The van der Waals surface area contributed by atoms with Crippen molar-refractivity contribution in [3.05, 3.63) is 0 Å². The lowest BCUT2D eigenvalue weighted by molar-refractivity contribution is -0.143. The first kappa shape index (κ1) is 44.5. The molecule has 0 aromatic rings. The smallest absolute Gasteiger partial charge is 0.326 e. The minimum absolute atomic E-state index is 0.0752. The summed E-state index contributed by atoms with van der Waals surface area (Å²) in [6.45, 7) is 14.4. The Bertz CT molecular complexity index is 1080. The molecule has 3 atom stereocenters. The minimum Gasteiger partial charge on any atom is -0.481 e. The van der Waals surface area contributed by atoms with Crippen molar-refractivity contribution in [3.8, 4) is 0 Å². The normalized spacial score (nSPS) is 13.9. The number of rotatable bonds is 26. The van der Waals surface area contributed by atoms with Gasteiger partial charge in [-0.2, -0.15) is 0 Å². The summed E-state index contributed by atoms with van der Waals surface area (Å²) in [6.07, 6.45) is 4.50. The second-order valence-electron chi connectivity index (χ2n) is 15.2. The quantitative estimate of drug-likeness (QED) is 0.0516. The lowest BCUT2D eigenvalue weighted by atomic mass is 9.71. The van der Waals surface area contributed by atoms with Crippen LogP contribution >= 0.6 is 0 Å². The lowest BCUT2D eigenvalue weighted by Gasteiger charge is -2.35. The van der Waals surface area contributed by atoms with Crippen LogP contribution in [0.3, 0.4) is 0 Å². The number of hydrogen-bond acceptors (Lipinski definition) is 8. The van der Waals surface area contributed by atoms with Crippen LogP contribution in [0.2, 0.25) is 0 Å². The van der Waals surface area contributed by atoms with Crippen molar-refractivity contribution in [3.63, 3.8) is 0 Å². The average molecular weight is 685 g/mol. The molecule has 0 aliphatic heterocycles. The third-order valence-corrected chi connectivity index (χ3v) is 7.86. The van der Waals surface area contributed by atoms with Gasteiger partial charge in [-0.3, -0.25) is 19.2 Å². The van der Waals surface area contributed by atoms with E-state index >= 15 is 0 Å². The van der Waals surface area contributed by atoms with Crippen molar-refractivity contribution in [2.45, 2.75) is 156 Å². The van der Waals surface area contributed by atoms with Gasteiger partial charge in [0.05, 0.1) is 6.04 Å². The van der Waals surface area contributed by atoms with Crippen LogP contribution in [0.5, 0.6) is 0 Å². The van der Waals surface area contributed by atoms with E-state index in [-0.39, 0.29) is 66.8 Å². The van der Waals surface area contributed by atoms with Gasteiger partial charge in [0.25, 0.3) is 0 Å². The Balaban J connectivity index is 4.62. The number of amides is 3. The zero-order valence-electron chi connectivity index (χ0n) is 29.9. The third-order valence-electron chi connectivity index (χ3n) is 7.86. The summed E-state index contributed by atoms with van der Waals surface area (Å²) in [5.74, 6) is -5.08. The van der Waals surface area contributed by atoms with Gasteiger partial charge < -0.3 is 41.4 Å². The zero-order valence-corrected chi connectivity index (χ0v) is 29.9. The van der Waals surface area contributed by atoms with Gasteiger partial charge in [0, 0.05) is 37.8 Å². The first-order chi connectivity index (χ1) is 22.1. The van der Waals surface area contributed by atoms with Crippen molar-refractivity contribution in [1.29, 1.82) is 0 Å². The van der Waals surface area contributed by atoms with Gasteiger partial charge in [0.15, 0.2) is 0 Å². The first-order valence-corrected chi connectivity index (χ1v) is 16.8. The molecule has 3 amide bonds. The maximum absolute atomic E-state index is 12.5. The molecule has 0 rings (SSSR count). The number of aldehydes is 1. The Morgan fingerprint density at radius 3 is 1.60 bits per heavy atom. The van der Waals surface area contributed by atoms with Gasteiger partial charge in [-0.25, -0.2) is 9.59 Å². The molecule has 0 aliphatic rings. The van der Waals surface area contributed by atoms with E-state index in [1.807, 2.05) is 48.5 Å². The van der Waals surface area contributed by atoms with E-state index in [9.17, 15) is 43.8 Å². The van der Waals surface area contributed by atoms with Crippen LogP contribution in [0.25, 0.3) is 0 Å². The van der Waals surface area contributed by atoms with Gasteiger partial charge in [-0.1, -0.05) is 27.7 Å². The highest BCUT2D eigenvalue weighted by Crippen LogP contribution is 2.40. The predicted molar refractivity (Wildman–Crippen MR) is 180 cm³/mol. The van der Waals surface area contributed by atoms with E-state index in [4.69, 9.17) is 5.11 Å². The minimum atomic E-state index is -1.35. The van der Waals surface area contributed by atoms with E-state index < -0.39 is 41.8 Å². The van der Waals surface area contributed by atoms with Crippen molar-refractivity contribution >= 4 is 41.9 Å². The fraction of sp³-hybridized carbons (Fsp3) is 0.794. The number of carbonyl (C=O) groups excluding carboxylic acids is 4. The summed E-state index contributed by atoms with van der Waals surface area (Å²) in [6, 6.07) is -2.98. The molecule has 0 aliphatic carbocycles. The Hall–Kier alpha value is -3.55. The monoisotopic (exact) mass is 684 g/mol. The molecule has 0 saturated heterocycles. The van der Waals surface area contributed by atoms with E-state index in [1.54, 1.807) is 0 Å². The molecule has 276 valence electrons. The Labute approximate surface area is 284 Å². The molecule has 0 aromatic heterocycles. The largest absolute Gasteiger partial charge is 0.481 e. The van der Waals surface area contributed by atoms with E-state index in [1.165, 1.54) is 0 Å². The maximum Gasteiger partial charge on any atom is 0.326 e. The third kappa shape index (κ3) is 22.9. The van der Waals surface area contributed by atoms with Crippen LogP contribution in [0.4, 0.5) is 0 Å². The average Bonchev–Trinajstić information content (AvgIpc) is 2.93. The van der Waals surface area contributed by atoms with Crippen LogP contribution < -0.4 is 21.3 Å². The van der Waals surface area contributed by atoms with Gasteiger partial charge in [0.1, 0.15) is 18.4 Å². The molecule has 0 unspecified atom stereocenters. The number of hydrogen-bond donors (Lipinski definition) is 7. The van der Waals surface area contributed by atoms with Gasteiger partial charge in [0.2, 0.25) is 17.7 Å². The molecule has 0 bridgehead atoms. The fourth-order valence-corrected chi connectivity index (χ4v) is 5.78. The summed E-state index contributed by atoms with van der Waals surface area (Å²) in [4.78, 5) is 82.8. The molecule has 14 nitrogen and oxygen atoms in total. The molecule has 0 aromatic carbocycles. The number of aliphatic carboxylic acids is 3. The SMILES string of the molecule is CC(C)(CCCC(=O)N[C@@H](CCC(=O)N[C@@H](CCC(=O)NCCCC[C@@H](C=O)NC(C)(C)C)C(=O)O)C(=O)O)CC(C)(C)CCC(=O)O. The number of carboxylic acids is 3. The summed E-state index contributed by atoms with van der Waals surface area (Å²) in [5, 5.41) is 38.7. The molecule has 7 N–H and O–H groups in total. The molecule has 0 fully saturated rings. The molecule has 0 spiro atoms. The van der Waals surface area contributed by atoms with Crippen molar-refractivity contribution in [2.75, 3.05) is 6.54 Å². The van der Waals surface area contributed by atoms with E-state index in [0.717, 1.165) is 12.7 Å². The topological polar surface area (TPSA) is 228 Å². The Morgan fingerprint density at radius 1 is 0.625 bits per heavy atom. The summed E-state index contributed by atoms with van der Waals surface area (Å²) < 4.78 is 0. The van der Waals surface area contributed by atoms with E-state index in [0.29, 0.717) is 45.1 Å². The highest BCUT2D eigenvalue weighted by Gasteiger charge is 2.30. The van der Waals surface area contributed by atoms with Crippen LogP contribution in [-0.2, 0) is 33.6 Å². The number of unbranched alkanes of at least 4 members (excludes halogenated alkanes) is 1. The van der Waals surface area contributed by atoms with Crippen LogP contribution in [0.15, 0.2) is 0 Å². The van der Waals surface area contributed by atoms with Gasteiger partial charge in [-0.15, -0.1) is 0 Å². The van der Waals surface area contributed by atoms with Crippen molar-refractivity contribution < 1.29 is 48.9 Å². The maximum atomic E-state index is 12.5. The van der Waals surface area contributed by atoms with Crippen LogP contribution in [0, 0.1) is 10.8 Å². The highest BCUT2D eigenvalue weighted by atomic mass is 16.4.